The molecule has 0 aromatic heterocycles. The van der Waals surface area contributed by atoms with Crippen LogP contribution in [-0.4, -0.2) is 18.3 Å². The van der Waals surface area contributed by atoms with Crippen molar-refractivity contribution >= 4 is 0 Å². The summed E-state index contributed by atoms with van der Waals surface area (Å²) in [5, 5.41) is 9.63. The van der Waals surface area contributed by atoms with Gasteiger partial charge in [-0.3, -0.25) is 0 Å². The molecule has 0 spiro atoms. The molecule has 0 aliphatic carbocycles. The fourth-order valence-corrected chi connectivity index (χ4v) is 1.39. The zero-order valence-corrected chi connectivity index (χ0v) is 9.77. The maximum absolute atomic E-state index is 9.63. The van der Waals surface area contributed by atoms with Crippen molar-refractivity contribution in [1.82, 2.24) is 0 Å². The molecule has 0 fully saturated rings. The van der Waals surface area contributed by atoms with Gasteiger partial charge >= 0.3 is 0 Å². The summed E-state index contributed by atoms with van der Waals surface area (Å²) in [4.78, 5) is 0. The Morgan fingerprint density at radius 3 is 2.44 bits per heavy atom. The number of aliphatic hydroxyl groups is 1. The average molecular weight is 222 g/mol. The number of hydrogen-bond acceptors (Lipinski definition) is 3. The van der Waals surface area contributed by atoms with Crippen molar-refractivity contribution in [2.24, 2.45) is 0 Å². The number of benzene rings is 1. The highest BCUT2D eigenvalue weighted by molar-refractivity contribution is 5.44. The molecule has 3 heteroatoms. The molecule has 0 amide bonds. The van der Waals surface area contributed by atoms with Crippen molar-refractivity contribution in [3.63, 3.8) is 0 Å². The molecule has 0 radical (unpaired) electrons. The lowest BCUT2D eigenvalue weighted by molar-refractivity contribution is 0.227. The van der Waals surface area contributed by atoms with Gasteiger partial charge in [-0.1, -0.05) is 12.1 Å². The molecular weight excluding hydrogens is 204 g/mol. The topological polar surface area (TPSA) is 38.7 Å². The van der Waals surface area contributed by atoms with Crippen molar-refractivity contribution in [3.8, 4) is 11.5 Å². The lowest BCUT2D eigenvalue weighted by atomic mass is 10.1. The number of rotatable bonds is 6. The summed E-state index contributed by atoms with van der Waals surface area (Å²) in [6.07, 6.45) is 0.806. The van der Waals surface area contributed by atoms with Crippen LogP contribution in [0.15, 0.2) is 30.9 Å². The molecule has 0 saturated heterocycles. The van der Waals surface area contributed by atoms with E-state index in [9.17, 15) is 5.11 Å². The summed E-state index contributed by atoms with van der Waals surface area (Å²) in [7, 11) is 0. The Hall–Kier alpha value is -1.48. The Morgan fingerprint density at radius 1 is 1.25 bits per heavy atom. The summed E-state index contributed by atoms with van der Waals surface area (Å²) in [6, 6.07) is 5.39. The average Bonchev–Trinajstić information content (AvgIpc) is 2.31. The molecule has 0 saturated carbocycles. The van der Waals surface area contributed by atoms with Gasteiger partial charge in [0.25, 0.3) is 0 Å². The van der Waals surface area contributed by atoms with Gasteiger partial charge in [0, 0.05) is 0 Å². The van der Waals surface area contributed by atoms with Crippen molar-refractivity contribution in [2.75, 3.05) is 13.2 Å². The van der Waals surface area contributed by atoms with E-state index in [1.807, 2.05) is 13.8 Å². The zero-order chi connectivity index (χ0) is 12.0. The molecule has 0 bridgehead atoms. The maximum atomic E-state index is 9.63. The molecule has 1 N–H and O–H groups in total. The first-order valence-electron chi connectivity index (χ1n) is 5.43. The number of hydrogen-bond donors (Lipinski definition) is 1. The van der Waals surface area contributed by atoms with Crippen LogP contribution in [0.2, 0.25) is 0 Å². The summed E-state index contributed by atoms with van der Waals surface area (Å²) in [6.45, 7) is 8.53. The van der Waals surface area contributed by atoms with E-state index in [0.717, 1.165) is 5.56 Å². The molecule has 1 unspecified atom stereocenters. The highest BCUT2D eigenvalue weighted by atomic mass is 16.5. The van der Waals surface area contributed by atoms with E-state index in [2.05, 4.69) is 6.58 Å². The fourth-order valence-electron chi connectivity index (χ4n) is 1.39. The summed E-state index contributed by atoms with van der Waals surface area (Å²) in [5.41, 5.74) is 0.752. The Bertz CT molecular complexity index is 347. The Morgan fingerprint density at radius 2 is 1.88 bits per heavy atom. The van der Waals surface area contributed by atoms with E-state index in [-0.39, 0.29) is 0 Å². The molecule has 1 aromatic carbocycles. The highest BCUT2D eigenvalue weighted by Gasteiger charge is 2.09. The molecule has 0 aliphatic rings. The van der Waals surface area contributed by atoms with Crippen LogP contribution >= 0.6 is 0 Å². The first-order valence-corrected chi connectivity index (χ1v) is 5.43. The van der Waals surface area contributed by atoms with E-state index in [4.69, 9.17) is 9.47 Å². The van der Waals surface area contributed by atoms with Gasteiger partial charge in [0.1, 0.15) is 0 Å². The second kappa shape index (κ2) is 6.18. The van der Waals surface area contributed by atoms with Crippen molar-refractivity contribution in [1.29, 1.82) is 0 Å². The summed E-state index contributed by atoms with van der Waals surface area (Å²) in [5.74, 6) is 1.35. The molecule has 0 heterocycles. The highest BCUT2D eigenvalue weighted by Crippen LogP contribution is 2.30. The molecule has 1 atom stereocenters. The molecular formula is C13H18O3. The van der Waals surface area contributed by atoms with Crippen LogP contribution in [0.25, 0.3) is 0 Å². The van der Waals surface area contributed by atoms with Gasteiger partial charge in [0.2, 0.25) is 0 Å². The largest absolute Gasteiger partial charge is 0.490 e. The van der Waals surface area contributed by atoms with Crippen LogP contribution in [0.1, 0.15) is 25.5 Å². The third kappa shape index (κ3) is 3.00. The predicted octanol–water partition coefficient (Wildman–Crippen LogP) is 2.70. The third-order valence-electron chi connectivity index (χ3n) is 2.13. The smallest absolute Gasteiger partial charge is 0.161 e. The summed E-state index contributed by atoms with van der Waals surface area (Å²) >= 11 is 0. The molecule has 1 aromatic rings. The van der Waals surface area contributed by atoms with Gasteiger partial charge in [-0.2, -0.15) is 0 Å². The molecule has 3 nitrogen and oxygen atoms in total. The van der Waals surface area contributed by atoms with Gasteiger partial charge in [-0.05, 0) is 31.5 Å². The summed E-state index contributed by atoms with van der Waals surface area (Å²) < 4.78 is 10.9. The van der Waals surface area contributed by atoms with E-state index in [1.165, 1.54) is 6.08 Å². The van der Waals surface area contributed by atoms with Gasteiger partial charge < -0.3 is 14.6 Å². The van der Waals surface area contributed by atoms with Crippen LogP contribution in [0.5, 0.6) is 11.5 Å². The second-order valence-electron chi connectivity index (χ2n) is 3.25. The minimum Gasteiger partial charge on any atom is -0.490 e. The third-order valence-corrected chi connectivity index (χ3v) is 2.13. The van der Waals surface area contributed by atoms with E-state index in [1.54, 1.807) is 18.2 Å². The molecule has 16 heavy (non-hydrogen) atoms. The van der Waals surface area contributed by atoms with Crippen molar-refractivity contribution < 1.29 is 14.6 Å². The second-order valence-corrected chi connectivity index (χ2v) is 3.25. The quantitative estimate of drug-likeness (QED) is 0.752. The zero-order valence-electron chi connectivity index (χ0n) is 9.77. The van der Waals surface area contributed by atoms with Crippen LogP contribution in [0.3, 0.4) is 0 Å². The van der Waals surface area contributed by atoms with Crippen LogP contribution in [0, 0.1) is 0 Å². The lowest BCUT2D eigenvalue weighted by Gasteiger charge is -2.13. The minimum absolute atomic E-state index is 0.563. The van der Waals surface area contributed by atoms with Crippen LogP contribution in [-0.2, 0) is 0 Å². The minimum atomic E-state index is -0.671. The van der Waals surface area contributed by atoms with Crippen molar-refractivity contribution in [3.05, 3.63) is 36.4 Å². The van der Waals surface area contributed by atoms with E-state index in [0.29, 0.717) is 24.7 Å². The van der Waals surface area contributed by atoms with Crippen LogP contribution in [0.4, 0.5) is 0 Å². The van der Waals surface area contributed by atoms with Gasteiger partial charge in [-0.25, -0.2) is 0 Å². The molecule has 1 rings (SSSR count). The van der Waals surface area contributed by atoms with Crippen LogP contribution < -0.4 is 9.47 Å². The Labute approximate surface area is 96.3 Å². The van der Waals surface area contributed by atoms with E-state index < -0.39 is 6.10 Å². The van der Waals surface area contributed by atoms with Gasteiger partial charge in [-0.15, -0.1) is 6.58 Å². The Kier molecular flexibility index (Phi) is 4.86. The first kappa shape index (κ1) is 12.6. The Balaban J connectivity index is 3.01. The normalized spacial score (nSPS) is 11.9. The van der Waals surface area contributed by atoms with Crippen molar-refractivity contribution in [2.45, 2.75) is 20.0 Å². The first-order chi connectivity index (χ1) is 7.72. The molecule has 88 valence electrons. The number of aliphatic hydroxyl groups excluding tert-OH is 1. The maximum Gasteiger partial charge on any atom is 0.161 e. The van der Waals surface area contributed by atoms with E-state index >= 15 is 0 Å². The monoisotopic (exact) mass is 222 g/mol. The van der Waals surface area contributed by atoms with Gasteiger partial charge in [0.05, 0.1) is 19.3 Å². The fraction of sp³-hybridized carbons (Fsp3) is 0.385. The standard InChI is InChI=1S/C13H18O3/c1-4-11(14)10-7-8-12(15-5-2)13(9-10)16-6-3/h4,7-9,11,14H,1,5-6H2,2-3H3. The molecule has 0 aliphatic heterocycles. The lowest BCUT2D eigenvalue weighted by Crippen LogP contribution is -2.00. The number of ether oxygens (including phenoxy) is 2. The predicted molar refractivity (Wildman–Crippen MR) is 63.9 cm³/mol. The SMILES string of the molecule is C=CC(O)c1ccc(OCC)c(OCC)c1. The van der Waals surface area contributed by atoms with Gasteiger partial charge in [0.15, 0.2) is 11.5 Å².